The number of rotatable bonds is 4. The number of hydrogen-bond acceptors (Lipinski definition) is 1. The van der Waals surface area contributed by atoms with Gasteiger partial charge in [-0.1, -0.05) is 31.4 Å². The summed E-state index contributed by atoms with van der Waals surface area (Å²) in [6, 6.07) is 5.82. The van der Waals surface area contributed by atoms with Crippen molar-refractivity contribution in [1.29, 1.82) is 0 Å². The molecule has 0 fully saturated rings. The van der Waals surface area contributed by atoms with Crippen molar-refractivity contribution in [1.82, 2.24) is 9.55 Å². The van der Waals surface area contributed by atoms with Gasteiger partial charge >= 0.3 is 0 Å². The fourth-order valence-corrected chi connectivity index (χ4v) is 2.33. The van der Waals surface area contributed by atoms with Crippen molar-refractivity contribution in [2.24, 2.45) is 0 Å². The van der Waals surface area contributed by atoms with Gasteiger partial charge in [0.25, 0.3) is 0 Å². The fourth-order valence-electron chi connectivity index (χ4n) is 1.87. The highest BCUT2D eigenvalue weighted by Gasteiger charge is 2.04. The normalized spacial score (nSPS) is 11.1. The maximum atomic E-state index is 6.00. The SMILES string of the molecule is CCCCCn1c(=S)[nH]c2ccc(Cl)cc21. The molecule has 0 radical (unpaired) electrons. The predicted octanol–water partition coefficient (Wildman–Crippen LogP) is 4.54. The molecular weight excluding hydrogens is 240 g/mol. The molecule has 0 aliphatic rings. The summed E-state index contributed by atoms with van der Waals surface area (Å²) in [6.45, 7) is 3.17. The second-order valence-electron chi connectivity index (χ2n) is 3.95. The van der Waals surface area contributed by atoms with Crippen LogP contribution in [0.4, 0.5) is 0 Å². The van der Waals surface area contributed by atoms with Crippen LogP contribution in [0, 0.1) is 4.77 Å². The zero-order valence-electron chi connectivity index (χ0n) is 9.29. The molecule has 0 bridgehead atoms. The van der Waals surface area contributed by atoms with Crippen LogP contribution < -0.4 is 0 Å². The number of aromatic amines is 1. The van der Waals surface area contributed by atoms with E-state index in [1.807, 2.05) is 18.2 Å². The van der Waals surface area contributed by atoms with E-state index in [0.29, 0.717) is 0 Å². The van der Waals surface area contributed by atoms with Crippen molar-refractivity contribution < 1.29 is 0 Å². The molecule has 2 rings (SSSR count). The Morgan fingerprint density at radius 2 is 2.19 bits per heavy atom. The third-order valence-electron chi connectivity index (χ3n) is 2.72. The van der Waals surface area contributed by atoms with Crippen LogP contribution >= 0.6 is 23.8 Å². The molecule has 0 saturated heterocycles. The van der Waals surface area contributed by atoms with Gasteiger partial charge in [-0.2, -0.15) is 0 Å². The summed E-state index contributed by atoms with van der Waals surface area (Å²) >= 11 is 11.3. The summed E-state index contributed by atoms with van der Waals surface area (Å²) in [5.41, 5.74) is 2.17. The van der Waals surface area contributed by atoms with Gasteiger partial charge < -0.3 is 9.55 Å². The Kier molecular flexibility index (Phi) is 3.66. The molecule has 1 aromatic heterocycles. The lowest BCUT2D eigenvalue weighted by atomic mass is 10.2. The summed E-state index contributed by atoms with van der Waals surface area (Å²) in [4.78, 5) is 3.20. The third-order valence-corrected chi connectivity index (χ3v) is 3.28. The van der Waals surface area contributed by atoms with Crippen LogP contribution in [-0.4, -0.2) is 9.55 Å². The van der Waals surface area contributed by atoms with Crippen LogP contribution in [-0.2, 0) is 6.54 Å². The van der Waals surface area contributed by atoms with Gasteiger partial charge in [-0.25, -0.2) is 0 Å². The zero-order valence-corrected chi connectivity index (χ0v) is 10.9. The Morgan fingerprint density at radius 3 is 2.94 bits per heavy atom. The van der Waals surface area contributed by atoms with Gasteiger partial charge in [0.1, 0.15) is 0 Å². The van der Waals surface area contributed by atoms with Gasteiger partial charge in [0, 0.05) is 11.6 Å². The van der Waals surface area contributed by atoms with Crippen LogP contribution in [0.1, 0.15) is 26.2 Å². The standard InChI is InChI=1S/C12H15ClN2S/c1-2-3-4-7-15-11-8-9(13)5-6-10(11)14-12(15)16/h5-6,8H,2-4,7H2,1H3,(H,14,16). The molecular formula is C12H15ClN2S. The first-order valence-corrected chi connectivity index (χ1v) is 6.39. The summed E-state index contributed by atoms with van der Waals surface area (Å²) < 4.78 is 2.92. The number of halogens is 1. The number of nitrogens with one attached hydrogen (secondary N) is 1. The Morgan fingerprint density at radius 1 is 1.38 bits per heavy atom. The molecule has 2 nitrogen and oxygen atoms in total. The highest BCUT2D eigenvalue weighted by molar-refractivity contribution is 7.71. The number of nitrogens with zero attached hydrogens (tertiary/aromatic N) is 1. The number of aromatic nitrogens is 2. The Bertz CT molecular complexity index is 541. The summed E-state index contributed by atoms with van der Waals surface area (Å²) in [5.74, 6) is 0. The van der Waals surface area contributed by atoms with Crippen LogP contribution in [0.25, 0.3) is 11.0 Å². The lowest BCUT2D eigenvalue weighted by molar-refractivity contribution is 0.608. The van der Waals surface area contributed by atoms with Crippen molar-refractivity contribution >= 4 is 34.9 Å². The van der Waals surface area contributed by atoms with Crippen LogP contribution in [0.15, 0.2) is 18.2 Å². The van der Waals surface area contributed by atoms with Gasteiger partial charge in [0.2, 0.25) is 0 Å². The molecule has 1 N–H and O–H groups in total. The number of unbranched alkanes of at least 4 members (excludes halogenated alkanes) is 2. The van der Waals surface area contributed by atoms with Crippen LogP contribution in [0.5, 0.6) is 0 Å². The molecule has 0 saturated carbocycles. The minimum atomic E-state index is 0.755. The molecule has 0 aliphatic heterocycles. The first-order chi connectivity index (χ1) is 7.72. The number of fused-ring (bicyclic) bond motifs is 1. The Hall–Kier alpha value is -0.800. The third kappa shape index (κ3) is 2.30. The maximum absolute atomic E-state index is 6.00. The van der Waals surface area contributed by atoms with E-state index in [1.165, 1.54) is 12.8 Å². The van der Waals surface area contributed by atoms with E-state index in [0.717, 1.165) is 33.8 Å². The number of benzene rings is 1. The van der Waals surface area contributed by atoms with Gasteiger partial charge in [-0.15, -0.1) is 0 Å². The largest absolute Gasteiger partial charge is 0.331 e. The molecule has 1 heterocycles. The molecule has 0 aliphatic carbocycles. The monoisotopic (exact) mass is 254 g/mol. The van der Waals surface area contributed by atoms with E-state index in [2.05, 4.69) is 16.5 Å². The lowest BCUT2D eigenvalue weighted by Crippen LogP contribution is -1.97. The highest BCUT2D eigenvalue weighted by atomic mass is 35.5. The first-order valence-electron chi connectivity index (χ1n) is 5.60. The van der Waals surface area contributed by atoms with Crippen molar-refractivity contribution in [2.45, 2.75) is 32.7 Å². The smallest absolute Gasteiger partial charge is 0.178 e. The molecule has 86 valence electrons. The average molecular weight is 255 g/mol. The molecule has 0 atom stereocenters. The van der Waals surface area contributed by atoms with Crippen molar-refractivity contribution in [3.05, 3.63) is 28.0 Å². The van der Waals surface area contributed by atoms with E-state index in [-0.39, 0.29) is 0 Å². The molecule has 0 spiro atoms. The van der Waals surface area contributed by atoms with Gasteiger partial charge in [0.15, 0.2) is 4.77 Å². The quantitative estimate of drug-likeness (QED) is 0.627. The first kappa shape index (κ1) is 11.7. The van der Waals surface area contributed by atoms with Crippen molar-refractivity contribution in [2.75, 3.05) is 0 Å². The number of aryl methyl sites for hydroxylation is 1. The van der Waals surface area contributed by atoms with E-state index in [9.17, 15) is 0 Å². The van der Waals surface area contributed by atoms with E-state index < -0.39 is 0 Å². The number of imidazole rings is 1. The number of hydrogen-bond donors (Lipinski definition) is 1. The summed E-state index contributed by atoms with van der Waals surface area (Å²) in [7, 11) is 0. The molecule has 4 heteroatoms. The molecule has 0 unspecified atom stereocenters. The van der Waals surface area contributed by atoms with Gasteiger partial charge in [0.05, 0.1) is 11.0 Å². The lowest BCUT2D eigenvalue weighted by Gasteiger charge is -2.03. The van der Waals surface area contributed by atoms with Crippen LogP contribution in [0.2, 0.25) is 5.02 Å². The average Bonchev–Trinajstić information content (AvgIpc) is 2.56. The Balaban J connectivity index is 2.38. The minimum Gasteiger partial charge on any atom is -0.331 e. The van der Waals surface area contributed by atoms with E-state index in [4.69, 9.17) is 23.8 Å². The maximum Gasteiger partial charge on any atom is 0.178 e. The van der Waals surface area contributed by atoms with Crippen LogP contribution in [0.3, 0.4) is 0 Å². The number of H-pyrrole nitrogens is 1. The second-order valence-corrected chi connectivity index (χ2v) is 4.77. The predicted molar refractivity (Wildman–Crippen MR) is 71.7 cm³/mol. The summed E-state index contributed by atoms with van der Waals surface area (Å²) in [6.07, 6.45) is 3.61. The van der Waals surface area contributed by atoms with E-state index in [1.54, 1.807) is 0 Å². The minimum absolute atomic E-state index is 0.755. The summed E-state index contributed by atoms with van der Waals surface area (Å²) in [5, 5.41) is 0.755. The van der Waals surface area contributed by atoms with Gasteiger partial charge in [-0.05, 0) is 36.8 Å². The van der Waals surface area contributed by atoms with Gasteiger partial charge in [-0.3, -0.25) is 0 Å². The Labute approximate surface area is 105 Å². The van der Waals surface area contributed by atoms with Crippen molar-refractivity contribution in [3.63, 3.8) is 0 Å². The van der Waals surface area contributed by atoms with Crippen molar-refractivity contribution in [3.8, 4) is 0 Å². The zero-order chi connectivity index (χ0) is 11.5. The molecule has 2 aromatic rings. The topological polar surface area (TPSA) is 20.7 Å². The highest BCUT2D eigenvalue weighted by Crippen LogP contribution is 2.19. The molecule has 16 heavy (non-hydrogen) atoms. The fraction of sp³-hybridized carbons (Fsp3) is 0.417. The second kappa shape index (κ2) is 5.02. The molecule has 1 aromatic carbocycles. The van der Waals surface area contributed by atoms with E-state index >= 15 is 0 Å². The molecule has 0 amide bonds.